The van der Waals surface area contributed by atoms with Crippen molar-refractivity contribution >= 4 is 72.9 Å². The number of para-hydroxylation sites is 2. The number of carboxylic acids is 2. The molecule has 10 unspecified atom stereocenters. The number of nitrogens with zero attached hydrogens (tertiary/aromatic N) is 2. The average Bonchev–Trinajstić information content (AvgIpc) is 1.44. The van der Waals surface area contributed by atoms with Crippen LogP contribution >= 0.6 is 0 Å². The summed E-state index contributed by atoms with van der Waals surface area (Å²) < 4.78 is 55.9. The summed E-state index contributed by atoms with van der Waals surface area (Å²) in [5.74, 6) is -6.04. The molecule has 0 saturated carbocycles. The summed E-state index contributed by atoms with van der Waals surface area (Å²) in [6.07, 6.45) is -4.54. The fourth-order valence-corrected chi connectivity index (χ4v) is 14.6. The van der Waals surface area contributed by atoms with Crippen LogP contribution in [-0.4, -0.2) is 152 Å². The van der Waals surface area contributed by atoms with Crippen LogP contribution in [0.1, 0.15) is 88.5 Å². The largest absolute Gasteiger partial charge is 2.00 e. The van der Waals surface area contributed by atoms with Crippen molar-refractivity contribution in [1.29, 1.82) is 0 Å². The molecule has 12 rings (SSSR count). The first-order chi connectivity index (χ1) is 41.0. The zero-order chi connectivity index (χ0) is 61.2. The second kappa shape index (κ2) is 24.0. The van der Waals surface area contributed by atoms with Crippen molar-refractivity contribution < 1.29 is 77.5 Å². The Kier molecular flexibility index (Phi) is 17.7. The summed E-state index contributed by atoms with van der Waals surface area (Å²) in [6, 6.07) is 47.0. The number of aliphatic hydroxyl groups is 4. The van der Waals surface area contributed by atoms with E-state index in [0.717, 1.165) is 0 Å². The fraction of sp³-hybridized carbons (Fsp3) is 0.394. The van der Waals surface area contributed by atoms with Crippen molar-refractivity contribution in [2.24, 2.45) is 11.8 Å². The van der Waals surface area contributed by atoms with Gasteiger partial charge in [-0.3, -0.25) is 9.59 Å². The van der Waals surface area contributed by atoms with E-state index in [2.05, 4.69) is 10.6 Å². The van der Waals surface area contributed by atoms with E-state index in [-0.39, 0.29) is 63.7 Å². The number of aliphatic carboxylic acids is 2. The van der Waals surface area contributed by atoms with Crippen LogP contribution in [0.2, 0.25) is 0 Å². The van der Waals surface area contributed by atoms with Crippen molar-refractivity contribution in [3.05, 3.63) is 204 Å². The normalized spacial score (nSPS) is 31.7. The molecule has 0 radical (unpaired) electrons. The maximum atomic E-state index is 14.6. The van der Waals surface area contributed by atoms with Gasteiger partial charge in [0.2, 0.25) is 11.2 Å². The SMILES string of the molecule is CC(C)C1(O)N2CCC(C[C@@H](O)CC(=O)[O-])OC2(c2ccc(F)cc2)C2(c3ccccc3)OC12C(=O)Nc1ccccc1.CC(C)C1(O)N2CCC(C[C@@H](O)CC(=O)[O-])OC2(c2ccc(F)cc2)C2(c3ccccc3)OC12C(=O)Nc1ccccc1.[Ca+2]. The summed E-state index contributed by atoms with van der Waals surface area (Å²) in [7, 11) is 0. The summed E-state index contributed by atoms with van der Waals surface area (Å²) in [6.45, 7) is 7.59. The summed E-state index contributed by atoms with van der Waals surface area (Å²) >= 11 is 0. The van der Waals surface area contributed by atoms with E-state index in [0.29, 0.717) is 46.5 Å². The molecule has 452 valence electrons. The Bertz CT molecular complexity index is 3250. The van der Waals surface area contributed by atoms with Gasteiger partial charge in [-0.1, -0.05) is 149 Å². The summed E-state index contributed by atoms with van der Waals surface area (Å²) in [5, 5.41) is 75.3. The van der Waals surface area contributed by atoms with Gasteiger partial charge < -0.3 is 69.8 Å². The standard InChI is InChI=1S/2C33H35FN2O7.Ca/c2*1-21(2)32(41)31(29(40)35-25-11-7-4-8-12-25)30(43-31,22-9-5-3-6-10-22)33(23-13-15-24(34)16-14-23)36(32)18-17-27(42-33)19-26(37)20-28(38)39;/h2*3-16,21,26-27,37,41H,17-20H2,1-2H3,(H,35,40)(H,38,39);/q;;+2/p-2/t2*26-,27?,30?,31?,32?,33?;/m11./s1. The van der Waals surface area contributed by atoms with E-state index in [4.69, 9.17) is 18.9 Å². The smallest absolute Gasteiger partial charge is 0.550 e. The molecule has 6 aromatic rings. The first-order valence-electron chi connectivity index (χ1n) is 28.9. The fourth-order valence-electron chi connectivity index (χ4n) is 14.6. The van der Waals surface area contributed by atoms with Gasteiger partial charge in [0.15, 0.2) is 34.1 Å². The zero-order valence-electron chi connectivity index (χ0n) is 48.5. The molecule has 6 fully saturated rings. The zero-order valence-corrected chi connectivity index (χ0v) is 50.7. The first-order valence-corrected chi connectivity index (χ1v) is 28.9. The van der Waals surface area contributed by atoms with E-state index in [1.165, 1.54) is 24.3 Å². The van der Waals surface area contributed by atoms with Gasteiger partial charge in [0.25, 0.3) is 11.8 Å². The predicted molar refractivity (Wildman–Crippen MR) is 308 cm³/mol. The molecule has 21 heteroatoms. The number of ether oxygens (including phenoxy) is 4. The Hall–Kier alpha value is -6.08. The summed E-state index contributed by atoms with van der Waals surface area (Å²) in [5.41, 5.74) is -11.3. The number of amides is 2. The van der Waals surface area contributed by atoms with Crippen LogP contribution in [-0.2, 0) is 60.8 Å². The van der Waals surface area contributed by atoms with Gasteiger partial charge in [0, 0.05) is 73.2 Å². The topological polar surface area (TPSA) is 269 Å². The number of hydrogen-bond acceptors (Lipinski definition) is 16. The van der Waals surface area contributed by atoms with Crippen LogP contribution < -0.4 is 20.8 Å². The molecule has 0 aliphatic carbocycles. The van der Waals surface area contributed by atoms with Crippen LogP contribution in [0, 0.1) is 23.5 Å². The van der Waals surface area contributed by atoms with E-state index < -0.39 is 130 Å². The third-order valence-corrected chi connectivity index (χ3v) is 18.1. The van der Waals surface area contributed by atoms with Gasteiger partial charge in [-0.25, -0.2) is 18.6 Å². The number of aliphatic hydroxyl groups excluding tert-OH is 2. The molecular weight excluding hydrogens is 1150 g/mol. The molecule has 12 atom stereocenters. The molecule has 0 bridgehead atoms. The number of fused-ring (bicyclic) bond motifs is 6. The van der Waals surface area contributed by atoms with Crippen LogP contribution in [0.25, 0.3) is 0 Å². The van der Waals surface area contributed by atoms with Crippen molar-refractivity contribution in [2.45, 2.75) is 136 Å². The minimum atomic E-state index is -1.93. The van der Waals surface area contributed by atoms with Crippen LogP contribution in [0.3, 0.4) is 0 Å². The molecule has 6 N–H and O–H groups in total. The number of halogens is 2. The molecule has 2 amide bonds. The number of hydrogen-bond donors (Lipinski definition) is 6. The van der Waals surface area contributed by atoms with E-state index in [1.807, 2.05) is 24.3 Å². The molecule has 87 heavy (non-hydrogen) atoms. The number of morpholine rings is 2. The molecular formula is C66H68CaF2N4O14. The van der Waals surface area contributed by atoms with E-state index in [1.54, 1.807) is 159 Å². The minimum absolute atomic E-state index is 0. The number of anilines is 2. The Morgan fingerprint density at radius 2 is 0.828 bits per heavy atom. The second-order valence-corrected chi connectivity index (χ2v) is 23.7. The Labute approximate surface area is 532 Å². The molecule has 6 saturated heterocycles. The van der Waals surface area contributed by atoms with Crippen LogP contribution in [0.5, 0.6) is 0 Å². The molecule has 0 aromatic heterocycles. The Balaban J connectivity index is 0.000000190. The number of epoxide rings is 2. The Morgan fingerprint density at radius 1 is 0.517 bits per heavy atom. The second-order valence-electron chi connectivity index (χ2n) is 23.7. The third kappa shape index (κ3) is 9.68. The van der Waals surface area contributed by atoms with E-state index >= 15 is 0 Å². The monoisotopic (exact) mass is 1220 g/mol. The molecule has 6 heterocycles. The number of carboxylic acid groups (broad SMARTS) is 2. The molecule has 6 aliphatic heterocycles. The van der Waals surface area contributed by atoms with Crippen molar-refractivity contribution in [3.63, 3.8) is 0 Å². The van der Waals surface area contributed by atoms with Gasteiger partial charge in [-0.05, 0) is 84.3 Å². The summed E-state index contributed by atoms with van der Waals surface area (Å²) in [4.78, 5) is 55.1. The maximum absolute atomic E-state index is 14.6. The first kappa shape index (κ1) is 63.9. The van der Waals surface area contributed by atoms with E-state index in [9.17, 15) is 58.6 Å². The number of nitrogens with one attached hydrogen (secondary N) is 2. The number of carbonyl (C=O) groups excluding carboxylic acids is 4. The third-order valence-electron chi connectivity index (χ3n) is 18.1. The van der Waals surface area contributed by atoms with Crippen molar-refractivity contribution in [2.75, 3.05) is 23.7 Å². The minimum Gasteiger partial charge on any atom is -0.550 e. The Morgan fingerprint density at radius 3 is 1.13 bits per heavy atom. The van der Waals surface area contributed by atoms with Gasteiger partial charge >= 0.3 is 37.7 Å². The molecule has 6 aliphatic rings. The number of carbonyl (C=O) groups is 4. The van der Waals surface area contributed by atoms with Crippen LogP contribution in [0.4, 0.5) is 20.2 Å². The number of benzene rings is 6. The van der Waals surface area contributed by atoms with Gasteiger partial charge in [0.1, 0.15) is 11.6 Å². The van der Waals surface area contributed by atoms with Gasteiger partial charge in [-0.15, -0.1) is 0 Å². The maximum Gasteiger partial charge on any atom is 2.00 e. The number of rotatable bonds is 18. The van der Waals surface area contributed by atoms with Gasteiger partial charge in [0.05, 0.1) is 24.4 Å². The van der Waals surface area contributed by atoms with Crippen molar-refractivity contribution in [3.8, 4) is 0 Å². The predicted octanol–water partition coefficient (Wildman–Crippen LogP) is 4.86. The molecule has 0 spiro atoms. The molecule has 6 aromatic carbocycles. The average molecular weight is 1220 g/mol. The van der Waals surface area contributed by atoms with Crippen molar-refractivity contribution in [1.82, 2.24) is 9.80 Å². The molecule has 18 nitrogen and oxygen atoms in total. The van der Waals surface area contributed by atoms with Gasteiger partial charge in [-0.2, -0.15) is 0 Å². The van der Waals surface area contributed by atoms with Crippen LogP contribution in [0.15, 0.2) is 170 Å². The quantitative estimate of drug-likeness (QED) is 0.0495.